The van der Waals surface area contributed by atoms with Crippen molar-refractivity contribution in [2.75, 3.05) is 6.61 Å². The molecule has 0 N–H and O–H groups in total. The van der Waals surface area contributed by atoms with Crippen molar-refractivity contribution in [2.45, 2.75) is 6.42 Å². The molecule has 4 rings (SSSR count). The maximum atomic E-state index is 12.4. The minimum atomic E-state index is -0.283. The smallest absolute Gasteiger partial charge is 0.369 e. The molecule has 0 saturated heterocycles. The first-order chi connectivity index (χ1) is 10.7. The molecular formula is C16H12BrN3O2. The van der Waals surface area contributed by atoms with Crippen molar-refractivity contribution in [3.63, 3.8) is 0 Å². The van der Waals surface area contributed by atoms with Gasteiger partial charge < -0.3 is 4.74 Å². The molecule has 0 atom stereocenters. The Labute approximate surface area is 134 Å². The highest BCUT2D eigenvalue weighted by molar-refractivity contribution is 9.10. The largest absolute Gasteiger partial charge is 0.491 e. The van der Waals surface area contributed by atoms with Crippen LogP contribution in [0.3, 0.4) is 0 Å². The number of fused-ring (bicyclic) bond motifs is 3. The van der Waals surface area contributed by atoms with Crippen LogP contribution in [0, 0.1) is 0 Å². The van der Waals surface area contributed by atoms with E-state index >= 15 is 0 Å². The quantitative estimate of drug-likeness (QED) is 0.672. The highest BCUT2D eigenvalue weighted by atomic mass is 79.9. The second-order valence-corrected chi connectivity index (χ2v) is 5.89. The number of para-hydroxylation sites is 2. The fraction of sp³-hybridized carbons (Fsp3) is 0.125. The van der Waals surface area contributed by atoms with Crippen LogP contribution >= 0.6 is 15.9 Å². The highest BCUT2D eigenvalue weighted by Crippen LogP contribution is 2.27. The molecule has 110 valence electrons. The Bertz CT molecular complexity index is 896. The summed E-state index contributed by atoms with van der Waals surface area (Å²) in [6.07, 6.45) is 0.591. The van der Waals surface area contributed by atoms with Gasteiger partial charge in [-0.2, -0.15) is 9.67 Å². The number of benzene rings is 2. The summed E-state index contributed by atoms with van der Waals surface area (Å²) in [7, 11) is 0. The van der Waals surface area contributed by atoms with Crippen molar-refractivity contribution in [3.8, 4) is 17.1 Å². The fourth-order valence-corrected chi connectivity index (χ4v) is 2.89. The van der Waals surface area contributed by atoms with E-state index in [0.29, 0.717) is 18.9 Å². The monoisotopic (exact) mass is 357 g/mol. The summed E-state index contributed by atoms with van der Waals surface area (Å²) in [4.78, 5) is 16.6. The number of nitrogens with zero attached hydrogens (tertiary/aromatic N) is 3. The van der Waals surface area contributed by atoms with Crippen LogP contribution in [0.15, 0.2) is 57.8 Å². The predicted molar refractivity (Wildman–Crippen MR) is 86.1 cm³/mol. The topological polar surface area (TPSA) is 49.0 Å². The lowest BCUT2D eigenvalue weighted by Gasteiger charge is -2.13. The van der Waals surface area contributed by atoms with E-state index in [4.69, 9.17) is 4.74 Å². The zero-order chi connectivity index (χ0) is 15.1. The Morgan fingerprint density at radius 3 is 2.64 bits per heavy atom. The summed E-state index contributed by atoms with van der Waals surface area (Å²) in [5, 5.41) is 0. The number of aromatic nitrogens is 3. The van der Waals surface area contributed by atoms with Crippen molar-refractivity contribution < 1.29 is 4.74 Å². The van der Waals surface area contributed by atoms with E-state index in [2.05, 4.69) is 20.9 Å². The van der Waals surface area contributed by atoms with E-state index in [-0.39, 0.29) is 5.69 Å². The van der Waals surface area contributed by atoms with Crippen molar-refractivity contribution in [1.29, 1.82) is 0 Å². The van der Waals surface area contributed by atoms with Crippen LogP contribution in [0.25, 0.3) is 11.4 Å². The van der Waals surface area contributed by atoms with Crippen LogP contribution in [0.2, 0.25) is 0 Å². The molecule has 0 aliphatic carbocycles. The molecule has 0 fully saturated rings. The molecular weight excluding hydrogens is 346 g/mol. The Kier molecular flexibility index (Phi) is 3.11. The molecule has 0 amide bonds. The minimum absolute atomic E-state index is 0.283. The third kappa shape index (κ3) is 2.07. The van der Waals surface area contributed by atoms with E-state index < -0.39 is 0 Å². The summed E-state index contributed by atoms with van der Waals surface area (Å²) < 4.78 is 10.1. The van der Waals surface area contributed by atoms with E-state index in [1.807, 2.05) is 53.2 Å². The molecule has 22 heavy (non-hydrogen) atoms. The molecule has 3 aromatic rings. The highest BCUT2D eigenvalue weighted by Gasteiger charge is 2.21. The Balaban J connectivity index is 2.02. The lowest BCUT2D eigenvalue weighted by molar-refractivity contribution is 0.325. The van der Waals surface area contributed by atoms with Crippen LogP contribution in [0.1, 0.15) is 5.82 Å². The molecule has 0 unspecified atom stereocenters. The number of hydrogen-bond acceptors (Lipinski definition) is 3. The number of ether oxygens (including phenoxy) is 1. The van der Waals surface area contributed by atoms with Crippen molar-refractivity contribution in [3.05, 3.63) is 69.3 Å². The van der Waals surface area contributed by atoms with Gasteiger partial charge >= 0.3 is 5.69 Å². The van der Waals surface area contributed by atoms with Gasteiger partial charge in [-0.1, -0.05) is 28.1 Å². The van der Waals surface area contributed by atoms with Crippen LogP contribution < -0.4 is 10.4 Å². The molecule has 0 saturated carbocycles. The Morgan fingerprint density at radius 1 is 1.05 bits per heavy atom. The third-order valence-corrected chi connectivity index (χ3v) is 4.13. The lowest BCUT2D eigenvalue weighted by Crippen LogP contribution is -2.21. The van der Waals surface area contributed by atoms with Gasteiger partial charge in [0.05, 0.1) is 12.3 Å². The number of hydrogen-bond donors (Lipinski definition) is 0. The second-order valence-electron chi connectivity index (χ2n) is 4.98. The zero-order valence-electron chi connectivity index (χ0n) is 11.6. The van der Waals surface area contributed by atoms with Gasteiger partial charge in [0.2, 0.25) is 0 Å². The zero-order valence-corrected chi connectivity index (χ0v) is 13.2. The van der Waals surface area contributed by atoms with E-state index in [9.17, 15) is 4.79 Å². The number of rotatable bonds is 1. The number of halogens is 1. The molecule has 1 aliphatic rings. The minimum Gasteiger partial charge on any atom is -0.491 e. The Morgan fingerprint density at radius 2 is 1.82 bits per heavy atom. The molecule has 0 spiro atoms. The van der Waals surface area contributed by atoms with Gasteiger partial charge in [0, 0.05) is 10.9 Å². The molecule has 0 radical (unpaired) electrons. The van der Waals surface area contributed by atoms with Crippen molar-refractivity contribution >= 4 is 15.9 Å². The van der Waals surface area contributed by atoms with Crippen LogP contribution in [0.5, 0.6) is 5.75 Å². The second kappa shape index (κ2) is 5.14. The average Bonchev–Trinajstić information content (AvgIpc) is 2.74. The summed E-state index contributed by atoms with van der Waals surface area (Å²) >= 11 is 3.41. The molecule has 1 aliphatic heterocycles. The van der Waals surface area contributed by atoms with Gasteiger partial charge in [-0.05, 0) is 36.4 Å². The summed E-state index contributed by atoms with van der Waals surface area (Å²) in [5.41, 5.74) is 1.31. The van der Waals surface area contributed by atoms with Gasteiger partial charge in [-0.15, -0.1) is 0 Å². The summed E-state index contributed by atoms with van der Waals surface area (Å²) in [6.45, 7) is 0.508. The van der Waals surface area contributed by atoms with Gasteiger partial charge in [0.25, 0.3) is 0 Å². The van der Waals surface area contributed by atoms with Crippen molar-refractivity contribution in [1.82, 2.24) is 14.3 Å². The van der Waals surface area contributed by atoms with Gasteiger partial charge in [-0.3, -0.25) is 0 Å². The van der Waals surface area contributed by atoms with Crippen LogP contribution in [0.4, 0.5) is 0 Å². The summed E-state index contributed by atoms with van der Waals surface area (Å²) in [6, 6.07) is 15.3. The first kappa shape index (κ1) is 13.3. The molecule has 0 bridgehead atoms. The van der Waals surface area contributed by atoms with Gasteiger partial charge in [0.1, 0.15) is 17.3 Å². The predicted octanol–water partition coefficient (Wildman–Crippen LogP) is 2.72. The van der Waals surface area contributed by atoms with E-state index in [0.717, 1.165) is 21.6 Å². The van der Waals surface area contributed by atoms with E-state index in [1.165, 1.54) is 0 Å². The SMILES string of the molecule is O=c1nc2n(n1-c1ccc(Br)cc1)-c1ccccc1OCC2. The maximum absolute atomic E-state index is 12.4. The molecule has 5 nitrogen and oxygen atoms in total. The molecule has 6 heteroatoms. The average molecular weight is 358 g/mol. The van der Waals surface area contributed by atoms with Crippen molar-refractivity contribution in [2.24, 2.45) is 0 Å². The maximum Gasteiger partial charge on any atom is 0.369 e. The van der Waals surface area contributed by atoms with Crippen LogP contribution in [-0.2, 0) is 6.42 Å². The van der Waals surface area contributed by atoms with E-state index in [1.54, 1.807) is 4.68 Å². The first-order valence-corrected chi connectivity index (χ1v) is 7.72. The molecule has 2 aromatic carbocycles. The van der Waals surface area contributed by atoms with Gasteiger partial charge in [-0.25, -0.2) is 9.48 Å². The standard InChI is InChI=1S/C16H12BrN3O2/c17-11-5-7-12(8-6-11)19-16(21)18-15-9-10-22-14-4-2-1-3-13(14)20(15)19/h1-8H,9-10H2. The summed E-state index contributed by atoms with van der Waals surface area (Å²) in [5.74, 6) is 1.46. The Hall–Kier alpha value is -2.34. The van der Waals surface area contributed by atoms with Crippen LogP contribution in [-0.4, -0.2) is 21.0 Å². The fourth-order valence-electron chi connectivity index (χ4n) is 2.63. The lowest BCUT2D eigenvalue weighted by atomic mass is 10.3. The normalized spacial score (nSPS) is 13.0. The third-order valence-electron chi connectivity index (χ3n) is 3.60. The molecule has 2 heterocycles. The first-order valence-electron chi connectivity index (χ1n) is 6.93. The van der Waals surface area contributed by atoms with Gasteiger partial charge in [0.15, 0.2) is 0 Å². The molecule has 1 aromatic heterocycles.